The minimum Gasteiger partial charge on any atom is -0.370 e. The molecular formula is C12H17BrN4O2. The molecule has 2 N–H and O–H groups in total. The molecule has 0 spiro atoms. The number of hydrogen-bond acceptors (Lipinski definition) is 4. The predicted octanol–water partition coefficient (Wildman–Crippen LogP) is 0.635. The van der Waals surface area contributed by atoms with E-state index in [2.05, 4.69) is 25.9 Å². The Hall–Kier alpha value is -1.37. The Morgan fingerprint density at radius 1 is 1.63 bits per heavy atom. The summed E-state index contributed by atoms with van der Waals surface area (Å²) in [5.74, 6) is -0.0183. The molecule has 2 rings (SSSR count). The zero-order chi connectivity index (χ0) is 14.0. The zero-order valence-corrected chi connectivity index (χ0v) is 12.4. The van der Waals surface area contributed by atoms with Gasteiger partial charge in [-0.2, -0.15) is 5.10 Å². The van der Waals surface area contributed by atoms with Crippen LogP contribution in [0.25, 0.3) is 0 Å². The number of carbonyl (C=O) groups excluding carboxylic acids is 1. The van der Waals surface area contributed by atoms with Gasteiger partial charge in [-0.1, -0.05) is 0 Å². The molecule has 104 valence electrons. The predicted molar refractivity (Wildman–Crippen MR) is 75.9 cm³/mol. The van der Waals surface area contributed by atoms with Gasteiger partial charge < -0.3 is 10.6 Å². The average Bonchev–Trinajstić information content (AvgIpc) is 2.36. The van der Waals surface area contributed by atoms with Crippen LogP contribution >= 0.6 is 15.9 Å². The Morgan fingerprint density at radius 3 is 3.05 bits per heavy atom. The number of nitrogens with zero attached hydrogens (tertiary/aromatic N) is 3. The summed E-state index contributed by atoms with van der Waals surface area (Å²) in [7, 11) is 1.61. The van der Waals surface area contributed by atoms with Gasteiger partial charge in [0, 0.05) is 26.6 Å². The third-order valence-electron chi connectivity index (χ3n) is 3.41. The monoisotopic (exact) mass is 328 g/mol. The van der Waals surface area contributed by atoms with Gasteiger partial charge in [-0.3, -0.25) is 9.59 Å². The molecular weight excluding hydrogens is 312 g/mol. The summed E-state index contributed by atoms with van der Waals surface area (Å²) in [6.45, 7) is 1.60. The van der Waals surface area contributed by atoms with E-state index in [0.717, 1.165) is 31.6 Å². The summed E-state index contributed by atoms with van der Waals surface area (Å²) in [5.41, 5.74) is 5.88. The first-order valence-corrected chi connectivity index (χ1v) is 7.03. The SMILES string of the molecule is Cn1ncc(N2CCCC(CC(N)=O)C2)c(Br)c1=O. The average molecular weight is 329 g/mol. The van der Waals surface area contributed by atoms with Crippen LogP contribution in [-0.2, 0) is 11.8 Å². The van der Waals surface area contributed by atoms with Crippen molar-refractivity contribution >= 4 is 27.5 Å². The lowest BCUT2D eigenvalue weighted by Crippen LogP contribution is -2.38. The second-order valence-corrected chi connectivity index (χ2v) is 5.69. The van der Waals surface area contributed by atoms with Gasteiger partial charge >= 0.3 is 0 Å². The molecule has 1 saturated heterocycles. The van der Waals surface area contributed by atoms with Crippen molar-refractivity contribution in [2.45, 2.75) is 19.3 Å². The Kier molecular flexibility index (Phi) is 4.24. The van der Waals surface area contributed by atoms with Crippen LogP contribution in [0.4, 0.5) is 5.69 Å². The molecule has 1 unspecified atom stereocenters. The fourth-order valence-electron chi connectivity index (χ4n) is 2.46. The van der Waals surface area contributed by atoms with Crippen LogP contribution in [-0.4, -0.2) is 28.8 Å². The van der Waals surface area contributed by atoms with Crippen molar-refractivity contribution in [2.75, 3.05) is 18.0 Å². The normalized spacial score (nSPS) is 19.5. The Bertz CT molecular complexity index is 543. The van der Waals surface area contributed by atoms with Crippen LogP contribution < -0.4 is 16.2 Å². The summed E-state index contributed by atoms with van der Waals surface area (Å²) in [6.07, 6.45) is 4.06. The number of nitrogens with two attached hydrogens (primary N) is 1. The van der Waals surface area contributed by atoms with Gasteiger partial charge in [-0.25, -0.2) is 4.68 Å². The molecule has 1 aliphatic rings. The molecule has 1 amide bonds. The van der Waals surface area contributed by atoms with Gasteiger partial charge in [0.1, 0.15) is 4.47 Å². The van der Waals surface area contributed by atoms with Gasteiger partial charge in [0.05, 0.1) is 11.9 Å². The van der Waals surface area contributed by atoms with Crippen molar-refractivity contribution < 1.29 is 4.79 Å². The van der Waals surface area contributed by atoms with E-state index < -0.39 is 0 Å². The number of halogens is 1. The maximum atomic E-state index is 11.8. The lowest BCUT2D eigenvalue weighted by Gasteiger charge is -2.34. The number of hydrogen-bond donors (Lipinski definition) is 1. The summed E-state index contributed by atoms with van der Waals surface area (Å²) < 4.78 is 1.81. The van der Waals surface area contributed by atoms with E-state index in [9.17, 15) is 9.59 Å². The lowest BCUT2D eigenvalue weighted by atomic mass is 9.94. The highest BCUT2D eigenvalue weighted by atomic mass is 79.9. The number of aromatic nitrogens is 2. The van der Waals surface area contributed by atoms with Crippen LogP contribution in [0.1, 0.15) is 19.3 Å². The van der Waals surface area contributed by atoms with E-state index in [1.165, 1.54) is 4.68 Å². The molecule has 0 saturated carbocycles. The van der Waals surface area contributed by atoms with Crippen LogP contribution in [0.2, 0.25) is 0 Å². The molecule has 19 heavy (non-hydrogen) atoms. The third-order valence-corrected chi connectivity index (χ3v) is 4.15. The van der Waals surface area contributed by atoms with Crippen LogP contribution in [0.15, 0.2) is 15.5 Å². The summed E-state index contributed by atoms with van der Waals surface area (Å²) in [6, 6.07) is 0. The number of piperidine rings is 1. The van der Waals surface area contributed by atoms with Crippen molar-refractivity contribution in [3.63, 3.8) is 0 Å². The van der Waals surface area contributed by atoms with Crippen LogP contribution in [0.5, 0.6) is 0 Å². The topological polar surface area (TPSA) is 81.2 Å². The smallest absolute Gasteiger partial charge is 0.282 e. The summed E-state index contributed by atoms with van der Waals surface area (Å²) in [4.78, 5) is 24.9. The van der Waals surface area contributed by atoms with E-state index in [-0.39, 0.29) is 17.4 Å². The Balaban J connectivity index is 2.20. The van der Waals surface area contributed by atoms with Crippen molar-refractivity contribution in [3.8, 4) is 0 Å². The first-order valence-electron chi connectivity index (χ1n) is 6.24. The van der Waals surface area contributed by atoms with E-state index in [0.29, 0.717) is 10.9 Å². The maximum absolute atomic E-state index is 11.8. The summed E-state index contributed by atoms with van der Waals surface area (Å²) in [5, 5.41) is 4.04. The van der Waals surface area contributed by atoms with Crippen LogP contribution in [0, 0.1) is 5.92 Å². The Morgan fingerprint density at radius 2 is 2.37 bits per heavy atom. The highest BCUT2D eigenvalue weighted by Crippen LogP contribution is 2.28. The van der Waals surface area contributed by atoms with E-state index in [1.807, 2.05) is 0 Å². The van der Waals surface area contributed by atoms with Gasteiger partial charge in [0.15, 0.2) is 0 Å². The number of primary amides is 1. The van der Waals surface area contributed by atoms with Crippen molar-refractivity contribution in [1.82, 2.24) is 9.78 Å². The van der Waals surface area contributed by atoms with Crippen molar-refractivity contribution in [3.05, 3.63) is 21.0 Å². The Labute approximate surface area is 119 Å². The van der Waals surface area contributed by atoms with E-state index in [4.69, 9.17) is 5.73 Å². The highest BCUT2D eigenvalue weighted by Gasteiger charge is 2.24. The van der Waals surface area contributed by atoms with Crippen molar-refractivity contribution in [2.24, 2.45) is 18.7 Å². The molecule has 0 radical (unpaired) electrons. The molecule has 7 heteroatoms. The van der Waals surface area contributed by atoms with E-state index >= 15 is 0 Å². The lowest BCUT2D eigenvalue weighted by molar-refractivity contribution is -0.118. The van der Waals surface area contributed by atoms with Crippen molar-refractivity contribution in [1.29, 1.82) is 0 Å². The molecule has 1 aromatic rings. The summed E-state index contributed by atoms with van der Waals surface area (Å²) >= 11 is 3.33. The number of aryl methyl sites for hydroxylation is 1. The largest absolute Gasteiger partial charge is 0.370 e. The molecule has 2 heterocycles. The van der Waals surface area contributed by atoms with E-state index in [1.54, 1.807) is 13.2 Å². The number of anilines is 1. The molecule has 0 aliphatic carbocycles. The quantitative estimate of drug-likeness (QED) is 0.882. The van der Waals surface area contributed by atoms with Gasteiger partial charge in [-0.05, 0) is 34.7 Å². The maximum Gasteiger partial charge on any atom is 0.282 e. The number of amides is 1. The molecule has 6 nitrogen and oxygen atoms in total. The van der Waals surface area contributed by atoms with Gasteiger partial charge in [0.25, 0.3) is 5.56 Å². The van der Waals surface area contributed by atoms with Crippen LogP contribution in [0.3, 0.4) is 0 Å². The number of rotatable bonds is 3. The van der Waals surface area contributed by atoms with Gasteiger partial charge in [-0.15, -0.1) is 0 Å². The van der Waals surface area contributed by atoms with Gasteiger partial charge in [0.2, 0.25) is 5.91 Å². The fourth-order valence-corrected chi connectivity index (χ4v) is 3.07. The zero-order valence-electron chi connectivity index (χ0n) is 10.8. The molecule has 0 aromatic carbocycles. The first-order chi connectivity index (χ1) is 8.99. The standard InChI is InChI=1S/C12H17BrN4O2/c1-16-12(19)11(13)9(6-15-16)17-4-2-3-8(7-17)5-10(14)18/h6,8H,2-5,7H2,1H3,(H2,14,18). The minimum atomic E-state index is -0.270. The first kappa shape index (κ1) is 14.0. The minimum absolute atomic E-state index is 0.158. The molecule has 1 atom stereocenters. The highest BCUT2D eigenvalue weighted by molar-refractivity contribution is 9.10. The molecule has 1 fully saturated rings. The second-order valence-electron chi connectivity index (χ2n) is 4.90. The molecule has 0 bridgehead atoms. The number of carbonyl (C=O) groups is 1. The molecule has 1 aliphatic heterocycles. The molecule has 1 aromatic heterocycles. The fraction of sp³-hybridized carbons (Fsp3) is 0.583. The third kappa shape index (κ3) is 3.15. The second kappa shape index (κ2) is 5.73.